The van der Waals surface area contributed by atoms with Crippen molar-refractivity contribution in [3.05, 3.63) is 35.6 Å². The fraction of sp³-hybridized carbons (Fsp3) is 0.579. The van der Waals surface area contributed by atoms with Crippen LogP contribution < -0.4 is 5.73 Å². The van der Waals surface area contributed by atoms with E-state index in [1.165, 1.54) is 0 Å². The summed E-state index contributed by atoms with van der Waals surface area (Å²) in [6.07, 6.45) is 8.04. The summed E-state index contributed by atoms with van der Waals surface area (Å²) < 4.78 is 5.28. The van der Waals surface area contributed by atoms with Crippen molar-refractivity contribution in [3.63, 3.8) is 0 Å². The minimum absolute atomic E-state index is 0.0552. The number of hydrogen-bond acceptors (Lipinski definition) is 6. The lowest BCUT2D eigenvalue weighted by atomic mass is 9.95. The summed E-state index contributed by atoms with van der Waals surface area (Å²) in [7, 11) is 0. The number of amides is 1. The summed E-state index contributed by atoms with van der Waals surface area (Å²) in [4.78, 5) is 23.0. The maximum atomic E-state index is 12.7. The molecule has 7 nitrogen and oxygen atoms in total. The molecule has 7 heteroatoms. The Hall–Kier alpha value is -2.44. The molecule has 0 aliphatic carbocycles. The van der Waals surface area contributed by atoms with E-state index in [1.54, 1.807) is 18.5 Å². The van der Waals surface area contributed by atoms with Gasteiger partial charge in [-0.15, -0.1) is 0 Å². The number of nitrogens with two attached hydrogens (primary N) is 1. The van der Waals surface area contributed by atoms with Crippen LogP contribution in [-0.4, -0.2) is 39.0 Å². The van der Waals surface area contributed by atoms with Gasteiger partial charge in [-0.25, -0.2) is 4.98 Å². The first kappa shape index (κ1) is 18.4. The predicted molar refractivity (Wildman–Crippen MR) is 98.4 cm³/mol. The van der Waals surface area contributed by atoms with Gasteiger partial charge < -0.3 is 15.2 Å². The molecule has 1 aliphatic rings. The van der Waals surface area contributed by atoms with Gasteiger partial charge in [-0.2, -0.15) is 0 Å². The van der Waals surface area contributed by atoms with Gasteiger partial charge >= 0.3 is 0 Å². The number of nitrogens with zero attached hydrogens (tertiary/aromatic N) is 4. The fourth-order valence-corrected chi connectivity index (χ4v) is 3.42. The van der Waals surface area contributed by atoms with Gasteiger partial charge in [0.05, 0.1) is 23.8 Å². The van der Waals surface area contributed by atoms with Crippen LogP contribution in [0.25, 0.3) is 0 Å². The number of aromatic nitrogens is 3. The van der Waals surface area contributed by atoms with Crippen molar-refractivity contribution in [1.29, 1.82) is 0 Å². The third-order valence-electron chi connectivity index (χ3n) is 4.75. The molecule has 26 heavy (non-hydrogen) atoms. The first-order valence-corrected chi connectivity index (χ1v) is 9.32. The number of rotatable bonds is 5. The second kappa shape index (κ2) is 8.29. The van der Waals surface area contributed by atoms with Crippen LogP contribution in [0.15, 0.2) is 23.0 Å². The molecular weight excluding hydrogens is 330 g/mol. The summed E-state index contributed by atoms with van der Waals surface area (Å²) >= 11 is 0. The maximum Gasteiger partial charge on any atom is 0.292 e. The van der Waals surface area contributed by atoms with E-state index in [0.29, 0.717) is 23.4 Å². The van der Waals surface area contributed by atoms with E-state index in [9.17, 15) is 4.79 Å². The lowest BCUT2D eigenvalue weighted by molar-refractivity contribution is 0.0718. The Bertz CT molecular complexity index is 726. The number of carbonyl (C=O) groups excluding carboxylic acids is 1. The quantitative estimate of drug-likeness (QED) is 0.883. The minimum atomic E-state index is -0.0552. The fourth-order valence-electron chi connectivity index (χ4n) is 3.42. The lowest BCUT2D eigenvalue weighted by Gasteiger charge is -2.19. The molecule has 1 fully saturated rings. The number of carbonyl (C=O) groups is 1. The monoisotopic (exact) mass is 357 g/mol. The van der Waals surface area contributed by atoms with E-state index in [-0.39, 0.29) is 5.91 Å². The minimum Gasteiger partial charge on any atom is -0.382 e. The van der Waals surface area contributed by atoms with Gasteiger partial charge in [0.15, 0.2) is 0 Å². The molecule has 3 heterocycles. The van der Waals surface area contributed by atoms with Crippen LogP contribution in [0.5, 0.6) is 0 Å². The van der Waals surface area contributed by atoms with Crippen LogP contribution in [0.3, 0.4) is 0 Å². The maximum absolute atomic E-state index is 12.7. The Labute approximate surface area is 154 Å². The average Bonchev–Trinajstić information content (AvgIpc) is 2.93. The average molecular weight is 357 g/mol. The second-order valence-corrected chi connectivity index (χ2v) is 7.51. The molecule has 3 rings (SSSR count). The predicted octanol–water partition coefficient (Wildman–Crippen LogP) is 2.73. The topological polar surface area (TPSA) is 98.1 Å². The largest absolute Gasteiger partial charge is 0.382 e. The zero-order valence-corrected chi connectivity index (χ0v) is 15.5. The first-order chi connectivity index (χ1) is 12.5. The van der Waals surface area contributed by atoms with Gasteiger partial charge in [-0.3, -0.25) is 9.78 Å². The number of hydrogen-bond donors (Lipinski definition) is 1. The molecule has 1 saturated heterocycles. The normalized spacial score (nSPS) is 18.1. The zero-order valence-electron chi connectivity index (χ0n) is 15.5. The van der Waals surface area contributed by atoms with E-state index >= 15 is 0 Å². The van der Waals surface area contributed by atoms with Crippen molar-refractivity contribution in [1.82, 2.24) is 20.0 Å². The smallest absolute Gasteiger partial charge is 0.292 e. The van der Waals surface area contributed by atoms with Crippen molar-refractivity contribution in [2.75, 3.05) is 18.8 Å². The van der Waals surface area contributed by atoms with E-state index < -0.39 is 0 Å². The van der Waals surface area contributed by atoms with Crippen LogP contribution in [0.4, 0.5) is 5.82 Å². The van der Waals surface area contributed by atoms with Crippen molar-refractivity contribution in [2.24, 2.45) is 11.8 Å². The molecule has 0 spiro atoms. The van der Waals surface area contributed by atoms with Crippen molar-refractivity contribution < 1.29 is 9.32 Å². The molecule has 140 valence electrons. The molecule has 1 aliphatic heterocycles. The highest BCUT2D eigenvalue weighted by molar-refractivity contribution is 5.91. The van der Waals surface area contributed by atoms with Gasteiger partial charge in [0.2, 0.25) is 5.76 Å². The summed E-state index contributed by atoms with van der Waals surface area (Å²) in [5.74, 6) is 1.72. The van der Waals surface area contributed by atoms with Gasteiger partial charge in [0.25, 0.3) is 5.91 Å². The standard InChI is InChI=1S/C19H27N5O2/c1-13(2)8-15-10-17(26-23-15)19(25)24-6-3-4-14(5-7-24)9-16-11-22-18(20)12-21-16/h10-14H,3-9H2,1-2H3,(H2,20,22). The molecule has 2 N–H and O–H groups in total. The Kier molecular flexibility index (Phi) is 5.85. The Morgan fingerprint density at radius 1 is 1.27 bits per heavy atom. The number of anilines is 1. The summed E-state index contributed by atoms with van der Waals surface area (Å²) in [5, 5.41) is 4.03. The van der Waals surface area contributed by atoms with Crippen LogP contribution in [-0.2, 0) is 12.8 Å². The molecule has 2 aromatic heterocycles. The Morgan fingerprint density at radius 2 is 2.12 bits per heavy atom. The number of likely N-dealkylation sites (tertiary alicyclic amines) is 1. The Morgan fingerprint density at radius 3 is 2.85 bits per heavy atom. The lowest BCUT2D eigenvalue weighted by Crippen LogP contribution is -2.31. The van der Waals surface area contributed by atoms with Crippen molar-refractivity contribution >= 4 is 11.7 Å². The SMILES string of the molecule is CC(C)Cc1cc(C(=O)N2CCCC(Cc3cnc(N)cn3)CC2)on1. The van der Waals surface area contributed by atoms with Crippen LogP contribution in [0.2, 0.25) is 0 Å². The summed E-state index contributed by atoms with van der Waals surface area (Å²) in [6, 6.07) is 1.79. The van der Waals surface area contributed by atoms with Crippen LogP contribution >= 0.6 is 0 Å². The molecule has 1 amide bonds. The van der Waals surface area contributed by atoms with Gasteiger partial charge in [-0.1, -0.05) is 19.0 Å². The molecule has 1 atom stereocenters. The summed E-state index contributed by atoms with van der Waals surface area (Å²) in [6.45, 7) is 5.72. The van der Waals surface area contributed by atoms with Gasteiger partial charge in [-0.05, 0) is 43.9 Å². The highest BCUT2D eigenvalue weighted by Crippen LogP contribution is 2.22. The number of nitrogen functional groups attached to an aromatic ring is 1. The van der Waals surface area contributed by atoms with E-state index in [0.717, 1.165) is 56.6 Å². The molecular formula is C19H27N5O2. The van der Waals surface area contributed by atoms with Crippen LogP contribution in [0, 0.1) is 11.8 Å². The zero-order chi connectivity index (χ0) is 18.5. The van der Waals surface area contributed by atoms with Crippen molar-refractivity contribution in [3.8, 4) is 0 Å². The van der Waals surface area contributed by atoms with E-state index in [1.807, 2.05) is 4.90 Å². The third-order valence-corrected chi connectivity index (χ3v) is 4.75. The highest BCUT2D eigenvalue weighted by atomic mass is 16.5. The highest BCUT2D eigenvalue weighted by Gasteiger charge is 2.24. The Balaban J connectivity index is 1.56. The third kappa shape index (κ3) is 4.80. The van der Waals surface area contributed by atoms with Gasteiger partial charge in [0.1, 0.15) is 5.82 Å². The van der Waals surface area contributed by atoms with E-state index in [2.05, 4.69) is 29.0 Å². The van der Waals surface area contributed by atoms with E-state index in [4.69, 9.17) is 10.3 Å². The summed E-state index contributed by atoms with van der Waals surface area (Å²) in [5.41, 5.74) is 7.39. The first-order valence-electron chi connectivity index (χ1n) is 9.32. The molecule has 0 bridgehead atoms. The molecule has 2 aromatic rings. The molecule has 1 unspecified atom stereocenters. The molecule has 0 radical (unpaired) electrons. The molecule has 0 aromatic carbocycles. The molecule has 0 saturated carbocycles. The van der Waals surface area contributed by atoms with Gasteiger partial charge in [0, 0.05) is 19.2 Å². The van der Waals surface area contributed by atoms with Crippen LogP contribution in [0.1, 0.15) is 55.1 Å². The second-order valence-electron chi connectivity index (χ2n) is 7.51. The van der Waals surface area contributed by atoms with Crippen molar-refractivity contribution in [2.45, 2.75) is 46.0 Å².